The minimum atomic E-state index is -4.81. The fraction of sp³-hybridized carbons (Fsp3) is 0.278. The van der Waals surface area contributed by atoms with Gasteiger partial charge in [0.2, 0.25) is 5.82 Å². The van der Waals surface area contributed by atoms with Gasteiger partial charge in [-0.1, -0.05) is 6.07 Å². The number of carbonyl (C=O) groups excluding carboxylic acids is 1. The molecule has 152 valence electrons. The summed E-state index contributed by atoms with van der Waals surface area (Å²) >= 11 is 0. The summed E-state index contributed by atoms with van der Waals surface area (Å²) in [4.78, 5) is 12.5. The van der Waals surface area contributed by atoms with E-state index in [-0.39, 0.29) is 5.56 Å². The summed E-state index contributed by atoms with van der Waals surface area (Å²) in [7, 11) is 0. The predicted molar refractivity (Wildman–Crippen MR) is 76.0 cm³/mol. The average Bonchev–Trinajstić information content (AvgIpc) is 3.48. The second kappa shape index (κ2) is 4.96. The van der Waals surface area contributed by atoms with Crippen molar-refractivity contribution < 1.29 is 49.8 Å². The van der Waals surface area contributed by atoms with Crippen LogP contribution in [0.5, 0.6) is 0 Å². The van der Waals surface area contributed by atoms with Crippen molar-refractivity contribution in [3.63, 3.8) is 0 Å². The van der Waals surface area contributed by atoms with Crippen LogP contribution in [0.4, 0.5) is 35.1 Å². The number of rotatable bonds is 1. The van der Waals surface area contributed by atoms with Gasteiger partial charge in [0, 0.05) is 5.56 Å². The largest absolute Gasteiger partial charge is 0.416 e. The Morgan fingerprint density at radius 2 is 1.48 bits per heavy atom. The van der Waals surface area contributed by atoms with Crippen molar-refractivity contribution >= 4 is 5.78 Å². The van der Waals surface area contributed by atoms with E-state index in [9.17, 15) is 45.0 Å². The van der Waals surface area contributed by atoms with Crippen LogP contribution in [0.3, 0.4) is 0 Å². The average molecular weight is 422 g/mol. The smallest absolute Gasteiger partial charge is 0.381 e. The topological polar surface area (TPSA) is 49.8 Å². The third-order valence-corrected chi connectivity index (χ3v) is 5.80. The molecule has 11 heteroatoms. The molecule has 0 amide bonds. The number of alkyl halides is 3. The van der Waals surface area contributed by atoms with Crippen molar-refractivity contribution in [2.24, 2.45) is 5.92 Å². The first-order chi connectivity index (χ1) is 13.4. The standard InChI is InChI=1S/C18H6F8O3/c19-8-7(9(20)11(22)12(23)10(8)21)15-17(29-15)14-13(27)5-2-1-4(18(24,25)26)3-6(5)16(14,17)28/h1-3,14-15,28H/t14?,15?,16?,17-/m1/s1. The quantitative estimate of drug-likeness (QED) is 0.328. The van der Waals surface area contributed by atoms with Gasteiger partial charge in [0.15, 0.2) is 29.1 Å². The summed E-state index contributed by atoms with van der Waals surface area (Å²) in [5.41, 5.74) is -7.72. The molecule has 1 saturated heterocycles. The van der Waals surface area contributed by atoms with Crippen LogP contribution in [0.2, 0.25) is 0 Å². The van der Waals surface area contributed by atoms with Crippen LogP contribution in [0, 0.1) is 35.0 Å². The molecule has 0 aromatic heterocycles. The Bertz CT molecular complexity index is 1110. The number of aliphatic hydroxyl groups is 1. The van der Waals surface area contributed by atoms with Gasteiger partial charge >= 0.3 is 6.18 Å². The highest BCUT2D eigenvalue weighted by Crippen LogP contribution is 2.82. The zero-order chi connectivity index (χ0) is 21.3. The first kappa shape index (κ1) is 18.5. The summed E-state index contributed by atoms with van der Waals surface area (Å²) in [5.74, 6) is -13.6. The van der Waals surface area contributed by atoms with Gasteiger partial charge in [0.1, 0.15) is 17.3 Å². The number of Topliss-reactive ketones (excluding diaryl/α,β-unsaturated/α-hetero) is 1. The SMILES string of the molecule is O=C1c2ccc(C(F)(F)F)cc2C2(O)C1[C@]21OC1c1c(F)c(F)c(F)c(F)c1F. The van der Waals surface area contributed by atoms with Crippen molar-refractivity contribution in [2.45, 2.75) is 23.5 Å². The van der Waals surface area contributed by atoms with Crippen molar-refractivity contribution in [3.8, 4) is 0 Å². The van der Waals surface area contributed by atoms with Gasteiger partial charge in [-0.05, 0) is 17.7 Å². The highest BCUT2D eigenvalue weighted by molar-refractivity contribution is 6.09. The van der Waals surface area contributed by atoms with Crippen LogP contribution in [0.1, 0.15) is 33.2 Å². The molecule has 0 radical (unpaired) electrons. The number of hydrogen-bond donors (Lipinski definition) is 1. The fourth-order valence-electron chi connectivity index (χ4n) is 4.41. The Balaban J connectivity index is 1.63. The van der Waals surface area contributed by atoms with Crippen LogP contribution in [0.15, 0.2) is 18.2 Å². The number of carbonyl (C=O) groups is 1. The summed E-state index contributed by atoms with van der Waals surface area (Å²) < 4.78 is 112. The van der Waals surface area contributed by atoms with Gasteiger partial charge in [-0.3, -0.25) is 4.79 Å². The van der Waals surface area contributed by atoms with E-state index in [4.69, 9.17) is 4.74 Å². The van der Waals surface area contributed by atoms with Gasteiger partial charge in [-0.25, -0.2) is 22.0 Å². The molecule has 2 aromatic carbocycles. The number of ketones is 1. The van der Waals surface area contributed by atoms with Crippen LogP contribution in [0.25, 0.3) is 0 Å². The number of hydrogen-bond acceptors (Lipinski definition) is 3. The first-order valence-corrected chi connectivity index (χ1v) is 8.06. The minimum absolute atomic E-state index is 0.234. The molecule has 1 heterocycles. The summed E-state index contributed by atoms with van der Waals surface area (Å²) in [5, 5.41) is 10.9. The molecular formula is C18H6F8O3. The maximum absolute atomic E-state index is 14.1. The Morgan fingerprint density at radius 1 is 0.931 bits per heavy atom. The van der Waals surface area contributed by atoms with Gasteiger partial charge in [-0.15, -0.1) is 0 Å². The molecule has 2 aliphatic carbocycles. The number of fused-ring (bicyclic) bond motifs is 5. The molecule has 0 bridgehead atoms. The minimum Gasteiger partial charge on any atom is -0.381 e. The maximum atomic E-state index is 14.1. The molecule has 29 heavy (non-hydrogen) atoms. The number of epoxide rings is 1. The summed E-state index contributed by atoms with van der Waals surface area (Å²) in [6.45, 7) is 0. The van der Waals surface area contributed by atoms with E-state index in [0.29, 0.717) is 12.1 Å². The second-order valence-corrected chi connectivity index (χ2v) is 7.10. The monoisotopic (exact) mass is 422 g/mol. The molecule has 3 unspecified atom stereocenters. The second-order valence-electron chi connectivity index (χ2n) is 7.10. The summed E-state index contributed by atoms with van der Waals surface area (Å²) in [6, 6.07) is 2.00. The third kappa shape index (κ3) is 1.88. The molecule has 2 aromatic rings. The van der Waals surface area contributed by atoms with Crippen LogP contribution >= 0.6 is 0 Å². The Labute approximate surface area is 155 Å². The predicted octanol–water partition coefficient (Wildman–Crippen LogP) is 3.92. The molecule has 1 aliphatic heterocycles. The fourth-order valence-corrected chi connectivity index (χ4v) is 4.41. The van der Waals surface area contributed by atoms with Crippen molar-refractivity contribution in [1.29, 1.82) is 0 Å². The Morgan fingerprint density at radius 3 is 2.03 bits per heavy atom. The molecule has 1 spiro atoms. The van der Waals surface area contributed by atoms with Crippen molar-refractivity contribution in [1.82, 2.24) is 0 Å². The lowest BCUT2D eigenvalue weighted by Crippen LogP contribution is -2.18. The van der Waals surface area contributed by atoms with Gasteiger partial charge in [0.25, 0.3) is 0 Å². The first-order valence-electron chi connectivity index (χ1n) is 8.06. The normalized spacial score (nSPS) is 31.8. The van der Waals surface area contributed by atoms with E-state index in [1.807, 2.05) is 0 Å². The van der Waals surface area contributed by atoms with Gasteiger partial charge in [0.05, 0.1) is 17.0 Å². The molecule has 1 N–H and O–H groups in total. The van der Waals surface area contributed by atoms with E-state index < -0.39 is 81.0 Å². The highest BCUT2D eigenvalue weighted by atomic mass is 19.4. The zero-order valence-electron chi connectivity index (χ0n) is 13.7. The van der Waals surface area contributed by atoms with E-state index in [1.54, 1.807) is 0 Å². The number of benzene rings is 2. The zero-order valence-corrected chi connectivity index (χ0v) is 13.7. The van der Waals surface area contributed by atoms with E-state index in [1.165, 1.54) is 0 Å². The maximum Gasteiger partial charge on any atom is 0.416 e. The molecule has 5 rings (SSSR count). The van der Waals surface area contributed by atoms with Crippen molar-refractivity contribution in [2.75, 3.05) is 0 Å². The Kier molecular flexibility index (Phi) is 3.16. The molecule has 1 saturated carbocycles. The third-order valence-electron chi connectivity index (χ3n) is 5.80. The van der Waals surface area contributed by atoms with Gasteiger partial charge < -0.3 is 9.84 Å². The molecular weight excluding hydrogens is 416 g/mol. The Hall–Kier alpha value is -2.53. The van der Waals surface area contributed by atoms with Crippen molar-refractivity contribution in [3.05, 3.63) is 69.5 Å². The summed E-state index contributed by atoms with van der Waals surface area (Å²) in [6.07, 6.45) is -6.70. The lowest BCUT2D eigenvalue weighted by Gasteiger charge is -2.14. The van der Waals surface area contributed by atoms with Crippen LogP contribution in [-0.4, -0.2) is 16.5 Å². The van der Waals surface area contributed by atoms with Crippen LogP contribution in [-0.2, 0) is 16.5 Å². The number of ether oxygens (including phenoxy) is 1. The molecule has 3 aliphatic rings. The van der Waals surface area contributed by atoms with E-state index >= 15 is 0 Å². The molecule has 4 atom stereocenters. The van der Waals surface area contributed by atoms with E-state index in [0.717, 1.165) is 6.07 Å². The molecule has 2 fully saturated rings. The van der Waals surface area contributed by atoms with Gasteiger partial charge in [-0.2, -0.15) is 13.2 Å². The van der Waals surface area contributed by atoms with E-state index in [2.05, 4.69) is 0 Å². The van der Waals surface area contributed by atoms with Crippen LogP contribution < -0.4 is 0 Å². The lowest BCUT2D eigenvalue weighted by molar-refractivity contribution is -0.137. The number of halogens is 8. The lowest BCUT2D eigenvalue weighted by atomic mass is 9.93. The highest BCUT2D eigenvalue weighted by Gasteiger charge is 2.96. The molecule has 3 nitrogen and oxygen atoms in total.